The highest BCUT2D eigenvalue weighted by Crippen LogP contribution is 2.40. The molecule has 0 bridgehead atoms. The van der Waals surface area contributed by atoms with E-state index in [0.717, 1.165) is 0 Å². The number of nitrogens with zero attached hydrogens (tertiary/aromatic N) is 2. The molecule has 8 heteroatoms. The van der Waals surface area contributed by atoms with Crippen molar-refractivity contribution in [3.8, 4) is 0 Å². The summed E-state index contributed by atoms with van der Waals surface area (Å²) in [6.07, 6.45) is 2.25. The fourth-order valence-corrected chi connectivity index (χ4v) is 2.99. The number of carbonyl (C=O) groups excluding carboxylic acids is 1. The predicted octanol–water partition coefficient (Wildman–Crippen LogP) is -0.461. The van der Waals surface area contributed by atoms with Crippen LogP contribution in [0.5, 0.6) is 0 Å². The maximum absolute atomic E-state index is 12.0. The van der Waals surface area contributed by atoms with Crippen LogP contribution in [0.3, 0.4) is 0 Å². The number of rotatable bonds is 0. The van der Waals surface area contributed by atoms with Crippen LogP contribution < -0.4 is 16.8 Å². The van der Waals surface area contributed by atoms with Crippen molar-refractivity contribution in [2.75, 3.05) is 25.0 Å². The monoisotopic (exact) mass is 265 g/mol. The maximum atomic E-state index is 12.0. The van der Waals surface area contributed by atoms with Gasteiger partial charge in [-0.2, -0.15) is 5.90 Å². The van der Waals surface area contributed by atoms with Crippen molar-refractivity contribution in [1.29, 1.82) is 0 Å². The number of carbonyl (C=O) groups is 1. The number of piperidine rings is 1. The molecular formula is C11H15N5O3. The molecule has 0 aromatic carbocycles. The molecule has 3 heterocycles. The minimum Gasteiger partial charge on any atom is -0.369 e. The first kappa shape index (κ1) is 12.0. The van der Waals surface area contributed by atoms with E-state index in [9.17, 15) is 9.59 Å². The van der Waals surface area contributed by atoms with Crippen LogP contribution in [0.4, 0.5) is 10.6 Å². The summed E-state index contributed by atoms with van der Waals surface area (Å²) >= 11 is 0. The third-order valence-corrected chi connectivity index (χ3v) is 4.06. The van der Waals surface area contributed by atoms with Gasteiger partial charge < -0.3 is 20.0 Å². The quantitative estimate of drug-likeness (QED) is 0.547. The van der Waals surface area contributed by atoms with E-state index in [1.54, 1.807) is 4.90 Å². The van der Waals surface area contributed by atoms with Crippen LogP contribution in [0, 0.1) is 0 Å². The minimum absolute atomic E-state index is 0.107. The lowest BCUT2D eigenvalue weighted by Crippen LogP contribution is -2.48. The predicted molar refractivity (Wildman–Crippen MR) is 66.5 cm³/mol. The molecule has 1 amide bonds. The van der Waals surface area contributed by atoms with Gasteiger partial charge in [0.1, 0.15) is 5.82 Å². The molecule has 3 rings (SSSR count). The molecule has 0 radical (unpaired) electrons. The summed E-state index contributed by atoms with van der Waals surface area (Å²) < 4.78 is 0. The lowest BCUT2D eigenvalue weighted by molar-refractivity contribution is 0.0847. The van der Waals surface area contributed by atoms with Gasteiger partial charge in [-0.25, -0.2) is 9.78 Å². The van der Waals surface area contributed by atoms with Crippen LogP contribution in [0.15, 0.2) is 11.1 Å². The number of hydrogen-bond acceptors (Lipinski definition) is 6. The highest BCUT2D eigenvalue weighted by Gasteiger charge is 2.45. The van der Waals surface area contributed by atoms with Gasteiger partial charge in [0, 0.05) is 25.0 Å². The van der Waals surface area contributed by atoms with Gasteiger partial charge in [-0.3, -0.25) is 4.79 Å². The summed E-state index contributed by atoms with van der Waals surface area (Å²) in [5.74, 6) is 5.53. The Labute approximate surface area is 108 Å². The standard InChI is InChI=1S/C11H15N5O3/c12-19-10(18)16-3-1-11(2-4-16)5-13-8-7(11)9(17)15-6-14-8/h6H,1-5,12H2,(H2,13,14,15,17). The highest BCUT2D eigenvalue weighted by molar-refractivity contribution is 5.67. The first-order valence-electron chi connectivity index (χ1n) is 6.14. The van der Waals surface area contributed by atoms with E-state index < -0.39 is 6.09 Å². The fraction of sp³-hybridized carbons (Fsp3) is 0.545. The van der Waals surface area contributed by atoms with Crippen LogP contribution >= 0.6 is 0 Å². The summed E-state index contributed by atoms with van der Waals surface area (Å²) in [6, 6.07) is 0. The lowest BCUT2D eigenvalue weighted by Gasteiger charge is -2.37. The van der Waals surface area contributed by atoms with E-state index in [4.69, 9.17) is 5.90 Å². The molecule has 102 valence electrons. The number of aromatic nitrogens is 2. The molecule has 1 spiro atoms. The first-order valence-corrected chi connectivity index (χ1v) is 6.14. The van der Waals surface area contributed by atoms with Gasteiger partial charge >= 0.3 is 6.09 Å². The Balaban J connectivity index is 1.87. The molecule has 1 aromatic heterocycles. The first-order chi connectivity index (χ1) is 9.16. The van der Waals surface area contributed by atoms with E-state index in [0.29, 0.717) is 43.9 Å². The summed E-state index contributed by atoms with van der Waals surface area (Å²) in [5, 5.41) is 3.17. The average Bonchev–Trinajstić information content (AvgIpc) is 2.79. The molecule has 0 unspecified atom stereocenters. The normalized spacial score (nSPS) is 19.9. The average molecular weight is 265 g/mol. The molecule has 8 nitrogen and oxygen atoms in total. The van der Waals surface area contributed by atoms with E-state index >= 15 is 0 Å². The molecule has 2 aliphatic heterocycles. The van der Waals surface area contributed by atoms with Crippen LogP contribution in [0.1, 0.15) is 18.4 Å². The molecule has 0 saturated carbocycles. The highest BCUT2D eigenvalue weighted by atomic mass is 16.7. The number of H-pyrrole nitrogens is 1. The third-order valence-electron chi connectivity index (χ3n) is 4.06. The lowest BCUT2D eigenvalue weighted by atomic mass is 9.75. The number of fused-ring (bicyclic) bond motifs is 2. The van der Waals surface area contributed by atoms with Gasteiger partial charge in [0.15, 0.2) is 0 Å². The van der Waals surface area contributed by atoms with Crippen molar-refractivity contribution in [2.24, 2.45) is 5.90 Å². The van der Waals surface area contributed by atoms with Gasteiger partial charge in [-0.15, -0.1) is 0 Å². The Morgan fingerprint density at radius 3 is 2.89 bits per heavy atom. The smallest absolute Gasteiger partial charge is 0.369 e. The number of nitrogens with one attached hydrogen (secondary N) is 2. The largest absolute Gasteiger partial charge is 0.428 e. The molecule has 0 atom stereocenters. The molecule has 0 aliphatic carbocycles. The molecule has 1 aromatic rings. The molecule has 1 saturated heterocycles. The Hall–Kier alpha value is -2.09. The molecule has 19 heavy (non-hydrogen) atoms. The third kappa shape index (κ3) is 1.75. The van der Waals surface area contributed by atoms with Crippen molar-refractivity contribution in [3.63, 3.8) is 0 Å². The zero-order chi connectivity index (χ0) is 13.5. The Morgan fingerprint density at radius 1 is 1.47 bits per heavy atom. The number of hydrogen-bond donors (Lipinski definition) is 3. The van der Waals surface area contributed by atoms with Crippen LogP contribution in [0.25, 0.3) is 0 Å². The zero-order valence-corrected chi connectivity index (χ0v) is 10.3. The van der Waals surface area contributed by atoms with Crippen molar-refractivity contribution in [1.82, 2.24) is 14.9 Å². The Morgan fingerprint density at radius 2 is 2.21 bits per heavy atom. The Kier molecular flexibility index (Phi) is 2.67. The van der Waals surface area contributed by atoms with Crippen molar-refractivity contribution < 1.29 is 9.63 Å². The second kappa shape index (κ2) is 4.23. The van der Waals surface area contributed by atoms with Crippen molar-refractivity contribution in [2.45, 2.75) is 18.3 Å². The molecular weight excluding hydrogens is 250 g/mol. The van der Waals surface area contributed by atoms with Gasteiger partial charge in [0.25, 0.3) is 5.56 Å². The summed E-state index contributed by atoms with van der Waals surface area (Å²) in [7, 11) is 0. The second-order valence-electron chi connectivity index (χ2n) is 4.96. The van der Waals surface area contributed by atoms with Crippen LogP contribution in [-0.4, -0.2) is 40.6 Å². The van der Waals surface area contributed by atoms with E-state index in [1.807, 2.05) is 0 Å². The van der Waals surface area contributed by atoms with E-state index in [-0.39, 0.29) is 11.0 Å². The number of anilines is 1. The summed E-state index contributed by atoms with van der Waals surface area (Å²) in [6.45, 7) is 1.71. The van der Waals surface area contributed by atoms with Gasteiger partial charge in [0.2, 0.25) is 0 Å². The number of likely N-dealkylation sites (tertiary alicyclic amines) is 1. The van der Waals surface area contributed by atoms with Gasteiger partial charge in [-0.05, 0) is 12.8 Å². The van der Waals surface area contributed by atoms with Crippen molar-refractivity contribution in [3.05, 3.63) is 22.2 Å². The SMILES string of the molecule is NOC(=O)N1CCC2(CC1)CNc1nc[nH]c(=O)c12. The van der Waals surface area contributed by atoms with Crippen molar-refractivity contribution >= 4 is 11.9 Å². The Bertz CT molecular complexity index is 562. The second-order valence-corrected chi connectivity index (χ2v) is 4.96. The molecule has 2 aliphatic rings. The summed E-state index contributed by atoms with van der Waals surface area (Å²) in [5.41, 5.74) is 0.350. The maximum Gasteiger partial charge on any atom is 0.428 e. The zero-order valence-electron chi connectivity index (χ0n) is 10.3. The van der Waals surface area contributed by atoms with E-state index in [1.165, 1.54) is 6.33 Å². The molecule has 1 fully saturated rings. The van der Waals surface area contributed by atoms with Crippen LogP contribution in [0.2, 0.25) is 0 Å². The van der Waals surface area contributed by atoms with E-state index in [2.05, 4.69) is 20.1 Å². The van der Waals surface area contributed by atoms with Crippen LogP contribution in [-0.2, 0) is 10.3 Å². The molecule has 4 N–H and O–H groups in total. The number of amides is 1. The fourth-order valence-electron chi connectivity index (χ4n) is 2.99. The topological polar surface area (TPSA) is 113 Å². The summed E-state index contributed by atoms with van der Waals surface area (Å²) in [4.78, 5) is 35.9. The minimum atomic E-state index is -0.527. The van der Waals surface area contributed by atoms with Gasteiger partial charge in [0.05, 0.1) is 11.9 Å². The number of aromatic amines is 1. The number of nitrogens with two attached hydrogens (primary N) is 1. The van der Waals surface area contributed by atoms with Gasteiger partial charge in [-0.1, -0.05) is 0 Å².